The molecule has 2 fully saturated rings. The Balaban J connectivity index is 0.00000176. The highest BCUT2D eigenvalue weighted by atomic mass is 127. The highest BCUT2D eigenvalue weighted by molar-refractivity contribution is 14.0. The molecule has 0 aromatic heterocycles. The van der Waals surface area contributed by atoms with Crippen molar-refractivity contribution in [3.8, 4) is 0 Å². The van der Waals surface area contributed by atoms with Crippen molar-refractivity contribution < 1.29 is 4.74 Å². The minimum atomic E-state index is 0. The van der Waals surface area contributed by atoms with E-state index < -0.39 is 0 Å². The second-order valence-electron chi connectivity index (χ2n) is 6.17. The zero-order chi connectivity index (χ0) is 14.8. The van der Waals surface area contributed by atoms with E-state index >= 15 is 0 Å². The van der Waals surface area contributed by atoms with Gasteiger partial charge in [0.25, 0.3) is 0 Å². The molecule has 1 aliphatic heterocycles. The van der Waals surface area contributed by atoms with Gasteiger partial charge in [0.05, 0.1) is 13.2 Å². The molecule has 1 N–H and O–H groups in total. The van der Waals surface area contributed by atoms with Crippen LogP contribution in [0.3, 0.4) is 0 Å². The lowest BCUT2D eigenvalue weighted by Crippen LogP contribution is -2.49. The summed E-state index contributed by atoms with van der Waals surface area (Å²) in [6.45, 7) is 6.95. The van der Waals surface area contributed by atoms with Gasteiger partial charge in [-0.25, -0.2) is 0 Å². The Morgan fingerprint density at radius 3 is 2.73 bits per heavy atom. The van der Waals surface area contributed by atoms with Gasteiger partial charge >= 0.3 is 0 Å². The lowest BCUT2D eigenvalue weighted by molar-refractivity contribution is -0.00836. The van der Waals surface area contributed by atoms with E-state index in [1.165, 1.54) is 17.5 Å². The van der Waals surface area contributed by atoms with E-state index in [1.54, 1.807) is 0 Å². The first-order valence-electron chi connectivity index (χ1n) is 7.84. The van der Waals surface area contributed by atoms with Gasteiger partial charge in [-0.1, -0.05) is 31.2 Å². The molecule has 1 saturated carbocycles. The summed E-state index contributed by atoms with van der Waals surface area (Å²) in [7, 11) is 1.87. The van der Waals surface area contributed by atoms with Crippen LogP contribution in [0.1, 0.15) is 30.6 Å². The minimum absolute atomic E-state index is 0. The van der Waals surface area contributed by atoms with Gasteiger partial charge in [0.2, 0.25) is 0 Å². The number of nitrogens with one attached hydrogen (secondary N) is 1. The fourth-order valence-electron chi connectivity index (χ4n) is 2.96. The summed E-state index contributed by atoms with van der Waals surface area (Å²) in [5.41, 5.74) is 2.58. The van der Waals surface area contributed by atoms with E-state index in [4.69, 9.17) is 4.74 Å². The normalized spacial score (nSPS) is 28.0. The largest absolute Gasteiger partial charge is 0.370 e. The van der Waals surface area contributed by atoms with E-state index in [9.17, 15) is 0 Å². The number of morpholine rings is 1. The molecular weight excluding hydrogens is 389 g/mol. The van der Waals surface area contributed by atoms with Crippen LogP contribution < -0.4 is 5.32 Å². The molecule has 0 radical (unpaired) electrons. The summed E-state index contributed by atoms with van der Waals surface area (Å²) in [6.07, 6.45) is 1.39. The minimum Gasteiger partial charge on any atom is -0.370 e. The maximum Gasteiger partial charge on any atom is 0.194 e. The number of hydrogen-bond donors (Lipinski definition) is 1. The van der Waals surface area contributed by atoms with Crippen LogP contribution in [0.15, 0.2) is 29.3 Å². The third-order valence-corrected chi connectivity index (χ3v) is 4.54. The zero-order valence-electron chi connectivity index (χ0n) is 13.6. The van der Waals surface area contributed by atoms with Gasteiger partial charge < -0.3 is 15.0 Å². The van der Waals surface area contributed by atoms with Crippen molar-refractivity contribution >= 4 is 29.9 Å². The molecule has 22 heavy (non-hydrogen) atoms. The molecule has 3 unspecified atom stereocenters. The second kappa shape index (κ2) is 7.64. The third-order valence-electron chi connectivity index (χ3n) is 4.54. The maximum absolute atomic E-state index is 5.99. The number of hydrogen-bond acceptors (Lipinski definition) is 2. The van der Waals surface area contributed by atoms with Gasteiger partial charge in [-0.2, -0.15) is 0 Å². The van der Waals surface area contributed by atoms with Gasteiger partial charge in [-0.3, -0.25) is 4.99 Å². The summed E-state index contributed by atoms with van der Waals surface area (Å²) < 4.78 is 5.99. The number of nitrogens with zero attached hydrogens (tertiary/aromatic N) is 2. The first-order valence-corrected chi connectivity index (χ1v) is 7.84. The quantitative estimate of drug-likeness (QED) is 0.459. The standard InChI is InChI=1S/C17H25N3O.HI/c1-12-6-4-5-7-14(12)16-11-20(8-9-21-16)17(18-3)19-15-10-13(15)2;/h4-7,13,15-16H,8-11H2,1-3H3,(H,18,19);1H. The van der Waals surface area contributed by atoms with Crippen LogP contribution in [-0.4, -0.2) is 43.6 Å². The van der Waals surface area contributed by atoms with Crippen molar-refractivity contribution in [2.75, 3.05) is 26.7 Å². The molecule has 1 saturated heterocycles. The number of aliphatic imine (C=N–C) groups is 1. The first kappa shape index (κ1) is 17.5. The van der Waals surface area contributed by atoms with E-state index in [0.717, 1.165) is 31.6 Å². The number of rotatable bonds is 2. The van der Waals surface area contributed by atoms with Gasteiger partial charge in [0, 0.05) is 19.6 Å². The Kier molecular flexibility index (Phi) is 6.09. The van der Waals surface area contributed by atoms with Crippen LogP contribution in [0.5, 0.6) is 0 Å². The molecule has 3 atom stereocenters. The average Bonchev–Trinajstić information content (AvgIpc) is 3.20. The Morgan fingerprint density at radius 2 is 2.09 bits per heavy atom. The smallest absolute Gasteiger partial charge is 0.194 e. The Morgan fingerprint density at radius 1 is 1.36 bits per heavy atom. The topological polar surface area (TPSA) is 36.9 Å². The summed E-state index contributed by atoms with van der Waals surface area (Å²) in [6, 6.07) is 9.08. The predicted octanol–water partition coefficient (Wildman–Crippen LogP) is 2.97. The van der Waals surface area contributed by atoms with Crippen molar-refractivity contribution in [1.82, 2.24) is 10.2 Å². The summed E-state index contributed by atoms with van der Waals surface area (Å²) >= 11 is 0. The molecule has 1 aromatic carbocycles. The Hall–Kier alpha value is -0.820. The Bertz CT molecular complexity index is 534. The molecule has 0 amide bonds. The van der Waals surface area contributed by atoms with Gasteiger partial charge in [0.15, 0.2) is 5.96 Å². The molecule has 0 spiro atoms. The average molecular weight is 415 g/mol. The summed E-state index contributed by atoms with van der Waals surface area (Å²) in [4.78, 5) is 6.78. The number of ether oxygens (including phenoxy) is 1. The number of aryl methyl sites for hydroxylation is 1. The van der Waals surface area contributed by atoms with Crippen molar-refractivity contribution in [3.05, 3.63) is 35.4 Å². The van der Waals surface area contributed by atoms with Gasteiger partial charge in [0.1, 0.15) is 6.10 Å². The molecule has 1 aromatic rings. The van der Waals surface area contributed by atoms with E-state index in [-0.39, 0.29) is 30.1 Å². The van der Waals surface area contributed by atoms with Crippen LogP contribution in [0.25, 0.3) is 0 Å². The predicted molar refractivity (Wildman–Crippen MR) is 101 cm³/mol. The van der Waals surface area contributed by atoms with E-state index in [2.05, 4.69) is 53.3 Å². The fraction of sp³-hybridized carbons (Fsp3) is 0.588. The molecule has 0 bridgehead atoms. The molecule has 3 rings (SSSR count). The maximum atomic E-state index is 5.99. The molecule has 122 valence electrons. The van der Waals surface area contributed by atoms with Gasteiger partial charge in [-0.15, -0.1) is 24.0 Å². The highest BCUT2D eigenvalue weighted by Gasteiger charge is 2.35. The van der Waals surface area contributed by atoms with E-state index in [1.807, 2.05) is 7.05 Å². The fourth-order valence-corrected chi connectivity index (χ4v) is 2.96. The van der Waals surface area contributed by atoms with Crippen LogP contribution in [0.4, 0.5) is 0 Å². The molecule has 1 aliphatic carbocycles. The monoisotopic (exact) mass is 415 g/mol. The van der Waals surface area contributed by atoms with Crippen molar-refractivity contribution in [2.45, 2.75) is 32.4 Å². The SMILES string of the molecule is CN=C(NC1CC1C)N1CCOC(c2ccccc2C)C1.I. The second-order valence-corrected chi connectivity index (χ2v) is 6.17. The van der Waals surface area contributed by atoms with Crippen LogP contribution in [0.2, 0.25) is 0 Å². The van der Waals surface area contributed by atoms with Crippen molar-refractivity contribution in [3.63, 3.8) is 0 Å². The number of halogens is 1. The molecule has 5 heteroatoms. The molecular formula is C17H26IN3O. The van der Waals surface area contributed by atoms with E-state index in [0.29, 0.717) is 6.04 Å². The molecule has 2 aliphatic rings. The zero-order valence-corrected chi connectivity index (χ0v) is 15.9. The number of guanidine groups is 1. The van der Waals surface area contributed by atoms with Crippen LogP contribution in [-0.2, 0) is 4.74 Å². The highest BCUT2D eigenvalue weighted by Crippen LogP contribution is 2.30. The summed E-state index contributed by atoms with van der Waals surface area (Å²) in [5.74, 6) is 1.79. The Labute approximate surface area is 150 Å². The lowest BCUT2D eigenvalue weighted by atomic mass is 10.0. The molecule has 1 heterocycles. The lowest BCUT2D eigenvalue weighted by Gasteiger charge is -2.35. The summed E-state index contributed by atoms with van der Waals surface area (Å²) in [5, 5.41) is 3.57. The van der Waals surface area contributed by atoms with Crippen molar-refractivity contribution in [1.29, 1.82) is 0 Å². The van der Waals surface area contributed by atoms with Crippen LogP contribution >= 0.6 is 24.0 Å². The van der Waals surface area contributed by atoms with Crippen molar-refractivity contribution in [2.24, 2.45) is 10.9 Å². The van der Waals surface area contributed by atoms with Crippen LogP contribution in [0, 0.1) is 12.8 Å². The number of benzene rings is 1. The third kappa shape index (κ3) is 3.93. The molecule has 4 nitrogen and oxygen atoms in total. The van der Waals surface area contributed by atoms with Gasteiger partial charge in [-0.05, 0) is 30.4 Å². The first-order chi connectivity index (χ1) is 10.2.